The van der Waals surface area contributed by atoms with Crippen LogP contribution in [0.1, 0.15) is 11.1 Å². The number of fused-ring (bicyclic) bond motifs is 1. The van der Waals surface area contributed by atoms with Gasteiger partial charge in [-0.1, -0.05) is 18.2 Å². The fraction of sp³-hybridized carbons (Fsp3) is 0.176. The molecular formula is C17H15NO4. The van der Waals surface area contributed by atoms with Gasteiger partial charge in [0.2, 0.25) is 0 Å². The molecule has 0 atom stereocenters. The molecule has 0 bridgehead atoms. The number of carbonyl (C=O) groups excluding carboxylic acids is 1. The number of aldehydes is 1. The van der Waals surface area contributed by atoms with Crippen molar-refractivity contribution in [2.24, 2.45) is 0 Å². The highest BCUT2D eigenvalue weighted by Gasteiger charge is 2.10. The van der Waals surface area contributed by atoms with Crippen molar-refractivity contribution < 1.29 is 13.9 Å². The normalized spacial score (nSPS) is 10.8. The van der Waals surface area contributed by atoms with Crippen molar-refractivity contribution >= 4 is 17.4 Å². The minimum Gasteiger partial charge on any atom is -0.497 e. The first kappa shape index (κ1) is 14.1. The second kappa shape index (κ2) is 5.89. The van der Waals surface area contributed by atoms with Gasteiger partial charge in [0.25, 0.3) is 0 Å². The maximum absolute atomic E-state index is 12.0. The Labute approximate surface area is 126 Å². The van der Waals surface area contributed by atoms with Gasteiger partial charge < -0.3 is 13.9 Å². The van der Waals surface area contributed by atoms with E-state index in [0.29, 0.717) is 24.1 Å². The Kier molecular flexibility index (Phi) is 3.78. The SMILES string of the molecule is COc1ccc(Cn2c(=O)oc3ccc(CC=O)cc32)cc1. The first-order valence-corrected chi connectivity index (χ1v) is 6.90. The van der Waals surface area contributed by atoms with E-state index in [1.165, 1.54) is 0 Å². The Morgan fingerprint density at radius 3 is 2.55 bits per heavy atom. The van der Waals surface area contributed by atoms with Crippen LogP contribution < -0.4 is 10.5 Å². The number of aromatic nitrogens is 1. The molecular weight excluding hydrogens is 282 g/mol. The van der Waals surface area contributed by atoms with Crippen molar-refractivity contribution in [3.8, 4) is 5.75 Å². The van der Waals surface area contributed by atoms with E-state index in [9.17, 15) is 9.59 Å². The van der Waals surface area contributed by atoms with Crippen molar-refractivity contribution in [1.82, 2.24) is 4.57 Å². The third-order valence-corrected chi connectivity index (χ3v) is 3.55. The number of ether oxygens (including phenoxy) is 1. The van der Waals surface area contributed by atoms with Crippen molar-refractivity contribution in [3.05, 3.63) is 64.1 Å². The molecule has 5 heteroatoms. The van der Waals surface area contributed by atoms with Crippen molar-refractivity contribution in [3.63, 3.8) is 0 Å². The van der Waals surface area contributed by atoms with Gasteiger partial charge in [-0.3, -0.25) is 4.57 Å². The van der Waals surface area contributed by atoms with Crippen LogP contribution in [0.5, 0.6) is 5.75 Å². The molecule has 0 N–H and O–H groups in total. The van der Waals surface area contributed by atoms with Crippen LogP contribution >= 0.6 is 0 Å². The van der Waals surface area contributed by atoms with Crippen LogP contribution in [-0.4, -0.2) is 18.0 Å². The maximum atomic E-state index is 12.0. The quantitative estimate of drug-likeness (QED) is 0.678. The minimum absolute atomic E-state index is 0.317. The summed E-state index contributed by atoms with van der Waals surface area (Å²) < 4.78 is 11.9. The van der Waals surface area contributed by atoms with Crippen LogP contribution in [-0.2, 0) is 17.8 Å². The topological polar surface area (TPSA) is 61.4 Å². The molecule has 0 aliphatic carbocycles. The highest BCUT2D eigenvalue weighted by atomic mass is 16.5. The van der Waals surface area contributed by atoms with Gasteiger partial charge in [-0.15, -0.1) is 0 Å². The Morgan fingerprint density at radius 2 is 1.86 bits per heavy atom. The molecule has 3 rings (SSSR count). The van der Waals surface area contributed by atoms with Gasteiger partial charge in [-0.25, -0.2) is 4.79 Å². The lowest BCUT2D eigenvalue weighted by Gasteiger charge is -2.05. The first-order chi connectivity index (χ1) is 10.7. The zero-order valence-electron chi connectivity index (χ0n) is 12.1. The number of carbonyl (C=O) groups is 1. The highest BCUT2D eigenvalue weighted by Crippen LogP contribution is 2.18. The van der Waals surface area contributed by atoms with Gasteiger partial charge in [0, 0.05) is 6.42 Å². The fourth-order valence-electron chi connectivity index (χ4n) is 2.39. The molecule has 112 valence electrons. The number of nitrogens with zero attached hydrogens (tertiary/aromatic N) is 1. The Bertz CT molecular complexity index is 858. The number of rotatable bonds is 5. The van der Waals surface area contributed by atoms with E-state index in [1.54, 1.807) is 23.8 Å². The minimum atomic E-state index is -0.408. The molecule has 0 saturated heterocycles. The molecule has 1 heterocycles. The average Bonchev–Trinajstić information content (AvgIpc) is 2.84. The summed E-state index contributed by atoms with van der Waals surface area (Å²) in [6.45, 7) is 0.403. The van der Waals surface area contributed by atoms with Crippen LogP contribution in [0.2, 0.25) is 0 Å². The summed E-state index contributed by atoms with van der Waals surface area (Å²) in [4.78, 5) is 22.7. The highest BCUT2D eigenvalue weighted by molar-refractivity contribution is 5.75. The second-order valence-corrected chi connectivity index (χ2v) is 4.98. The van der Waals surface area contributed by atoms with E-state index < -0.39 is 5.76 Å². The van der Waals surface area contributed by atoms with Crippen LogP contribution in [0.15, 0.2) is 51.7 Å². The molecule has 0 unspecified atom stereocenters. The summed E-state index contributed by atoms with van der Waals surface area (Å²) in [5.41, 5.74) is 3.03. The van der Waals surface area contributed by atoms with Crippen LogP contribution in [0.4, 0.5) is 0 Å². The Morgan fingerprint density at radius 1 is 1.14 bits per heavy atom. The smallest absolute Gasteiger partial charge is 0.420 e. The van der Waals surface area contributed by atoms with E-state index in [0.717, 1.165) is 23.2 Å². The molecule has 1 aromatic heterocycles. The number of oxazole rings is 1. The zero-order chi connectivity index (χ0) is 15.5. The molecule has 0 spiro atoms. The van der Waals surface area contributed by atoms with E-state index in [-0.39, 0.29) is 0 Å². The summed E-state index contributed by atoms with van der Waals surface area (Å²) in [6, 6.07) is 12.8. The lowest BCUT2D eigenvalue weighted by molar-refractivity contribution is -0.107. The van der Waals surface area contributed by atoms with Gasteiger partial charge in [0.1, 0.15) is 12.0 Å². The van der Waals surface area contributed by atoms with E-state index in [1.807, 2.05) is 30.3 Å². The standard InChI is InChI=1S/C17H15NO4/c1-21-14-5-2-13(3-6-14)11-18-15-10-12(8-9-19)4-7-16(15)22-17(18)20/h2-7,9-10H,8,11H2,1H3. The summed E-state index contributed by atoms with van der Waals surface area (Å²) in [5.74, 6) is 0.357. The van der Waals surface area contributed by atoms with E-state index in [2.05, 4.69) is 0 Å². The molecule has 5 nitrogen and oxygen atoms in total. The molecule has 0 aliphatic heterocycles. The average molecular weight is 297 g/mol. The molecule has 22 heavy (non-hydrogen) atoms. The van der Waals surface area contributed by atoms with E-state index in [4.69, 9.17) is 9.15 Å². The van der Waals surface area contributed by atoms with Gasteiger partial charge >= 0.3 is 5.76 Å². The predicted molar refractivity (Wildman–Crippen MR) is 82.3 cm³/mol. The summed E-state index contributed by atoms with van der Waals surface area (Å²) in [7, 11) is 1.61. The van der Waals surface area contributed by atoms with Gasteiger partial charge in [-0.05, 0) is 35.4 Å². The van der Waals surface area contributed by atoms with Crippen molar-refractivity contribution in [2.45, 2.75) is 13.0 Å². The van der Waals surface area contributed by atoms with Gasteiger partial charge in [-0.2, -0.15) is 0 Å². The molecule has 0 radical (unpaired) electrons. The Balaban J connectivity index is 2.00. The fourth-order valence-corrected chi connectivity index (χ4v) is 2.39. The van der Waals surface area contributed by atoms with Crippen molar-refractivity contribution in [1.29, 1.82) is 0 Å². The molecule has 3 aromatic rings. The molecule has 0 fully saturated rings. The predicted octanol–water partition coefficient (Wildman–Crippen LogP) is 2.39. The zero-order valence-corrected chi connectivity index (χ0v) is 12.1. The molecule has 0 aliphatic rings. The third kappa shape index (κ3) is 2.65. The monoisotopic (exact) mass is 297 g/mol. The van der Waals surface area contributed by atoms with Crippen LogP contribution in [0.3, 0.4) is 0 Å². The van der Waals surface area contributed by atoms with E-state index >= 15 is 0 Å². The number of hydrogen-bond acceptors (Lipinski definition) is 4. The molecule has 0 saturated carbocycles. The van der Waals surface area contributed by atoms with Crippen LogP contribution in [0.25, 0.3) is 11.1 Å². The number of methoxy groups -OCH3 is 1. The Hall–Kier alpha value is -2.82. The van der Waals surface area contributed by atoms with Gasteiger partial charge in [0.05, 0.1) is 19.2 Å². The number of hydrogen-bond donors (Lipinski definition) is 0. The maximum Gasteiger partial charge on any atom is 0.420 e. The lowest BCUT2D eigenvalue weighted by atomic mass is 10.1. The summed E-state index contributed by atoms with van der Waals surface area (Å²) >= 11 is 0. The second-order valence-electron chi connectivity index (χ2n) is 4.98. The lowest BCUT2D eigenvalue weighted by Crippen LogP contribution is -2.14. The summed E-state index contributed by atoms with van der Waals surface area (Å²) in [6.07, 6.45) is 1.16. The molecule has 0 amide bonds. The largest absolute Gasteiger partial charge is 0.497 e. The first-order valence-electron chi connectivity index (χ1n) is 6.90. The molecule has 2 aromatic carbocycles. The van der Waals surface area contributed by atoms with Gasteiger partial charge in [0.15, 0.2) is 5.58 Å². The van der Waals surface area contributed by atoms with Crippen molar-refractivity contribution in [2.75, 3.05) is 7.11 Å². The third-order valence-electron chi connectivity index (χ3n) is 3.55. The number of benzene rings is 2. The van der Waals surface area contributed by atoms with Crippen LogP contribution in [0, 0.1) is 0 Å². The summed E-state index contributed by atoms with van der Waals surface area (Å²) in [5, 5.41) is 0.